The van der Waals surface area contributed by atoms with Crippen molar-refractivity contribution < 1.29 is 162 Å². The molecule has 32 heteroatoms. The first-order valence-corrected chi connectivity index (χ1v) is 35.8. The number of rotatable bonds is 30. The predicted octanol–water partition coefficient (Wildman–Crippen LogP) is -0.0499. The molecular formula is C63H96N4Na2O22P2S2. The van der Waals surface area contributed by atoms with E-state index >= 15 is 0 Å². The molecule has 4 aromatic rings. The van der Waals surface area contributed by atoms with E-state index in [0.717, 1.165) is 16.4 Å². The SMILES string of the molecule is C.C.C.CCOP(=O)(OCC)c1ccc(C[C@H](NC(=O)O[C@H]2CO[C@H]3OCC[C@H]32)[C@H](O)CN(CC(C)C)S(=O)(=O)c2ccc(OC)cc2)cc1.COc1ccc(S(=O)(=O)N(CC(C)C)C[C@@H](O)[C@H](Cc2ccc(P(=O)([O-])[O-])cc2)NC(=O)O[C@H]2CO[C@H]3OCC[C@H]32)cc1.[Na+].[Na+]. The number of nitrogens with zero attached hydrogens (tertiary/aromatic N) is 2. The zero-order valence-electron chi connectivity index (χ0n) is 53.7. The summed E-state index contributed by atoms with van der Waals surface area (Å²) in [6.45, 7) is 12.2. The summed E-state index contributed by atoms with van der Waals surface area (Å²) in [5.74, 6) is 0.635. The number of carbonyl (C=O) groups excluding carboxylic acids is 2. The number of aliphatic hydroxyl groups excluding tert-OH is 2. The normalized spacial score (nSPS) is 20.3. The molecule has 26 nitrogen and oxygen atoms in total. The number of amides is 2. The molecule has 8 rings (SSSR count). The Kier molecular flexibility index (Phi) is 37.4. The van der Waals surface area contributed by atoms with Gasteiger partial charge in [-0.05, 0) is 136 Å². The van der Waals surface area contributed by atoms with Gasteiger partial charge in [0.25, 0.3) is 0 Å². The van der Waals surface area contributed by atoms with E-state index < -0.39 is 102 Å². The van der Waals surface area contributed by atoms with Crippen LogP contribution in [-0.4, -0.2) is 177 Å². The number of nitrogens with one attached hydrogen (secondary N) is 2. The molecule has 524 valence electrons. The third-order valence-corrected chi connectivity index (χ3v) is 22.1. The quantitative estimate of drug-likeness (QED) is 0.0393. The van der Waals surface area contributed by atoms with Crippen molar-refractivity contribution in [2.75, 3.05) is 80.0 Å². The maximum atomic E-state index is 13.8. The molecule has 4 aliphatic rings. The van der Waals surface area contributed by atoms with Gasteiger partial charge in [-0.25, -0.2) is 26.4 Å². The van der Waals surface area contributed by atoms with E-state index in [9.17, 15) is 55.6 Å². The molecule has 2 amide bonds. The molecule has 4 aliphatic heterocycles. The summed E-state index contributed by atoms with van der Waals surface area (Å²) < 4.78 is 136. The maximum Gasteiger partial charge on any atom is 1.00 e. The summed E-state index contributed by atoms with van der Waals surface area (Å²) in [5.41, 5.74) is 1.17. The van der Waals surface area contributed by atoms with Crippen LogP contribution in [0, 0.1) is 23.7 Å². The number of sulfonamides is 2. The van der Waals surface area contributed by atoms with E-state index in [-0.39, 0.29) is 180 Å². The molecule has 4 N–H and O–H groups in total. The second-order valence-corrected chi connectivity index (χ2v) is 30.3. The molecular weight excluding hydrogens is 1340 g/mol. The Morgan fingerprint density at radius 3 is 1.23 bits per heavy atom. The van der Waals surface area contributed by atoms with Gasteiger partial charge in [-0.15, -0.1) is 0 Å². The number of ether oxygens (including phenoxy) is 8. The Balaban J connectivity index is 0.000000616. The number of benzene rings is 4. The third kappa shape index (κ3) is 24.6. The second kappa shape index (κ2) is 40.4. The Hall–Kier alpha value is -3.10. The van der Waals surface area contributed by atoms with Crippen LogP contribution in [0.5, 0.6) is 11.5 Å². The van der Waals surface area contributed by atoms with Gasteiger partial charge in [0.15, 0.2) is 12.6 Å². The Bertz CT molecular complexity index is 3280. The number of alkyl carbamates (subject to hydrolysis) is 2. The van der Waals surface area contributed by atoms with Crippen LogP contribution in [0.1, 0.15) is 87.8 Å². The molecule has 4 saturated heterocycles. The van der Waals surface area contributed by atoms with Gasteiger partial charge in [0.05, 0.1) is 105 Å². The van der Waals surface area contributed by atoms with Crippen molar-refractivity contribution in [3.8, 4) is 11.5 Å². The van der Waals surface area contributed by atoms with Crippen LogP contribution in [0.15, 0.2) is 107 Å². The molecule has 0 radical (unpaired) electrons. The van der Waals surface area contributed by atoms with Crippen LogP contribution in [0.2, 0.25) is 0 Å². The van der Waals surface area contributed by atoms with Gasteiger partial charge in [0.1, 0.15) is 23.7 Å². The molecule has 95 heavy (non-hydrogen) atoms. The summed E-state index contributed by atoms with van der Waals surface area (Å²) in [4.78, 5) is 49.1. The van der Waals surface area contributed by atoms with E-state index in [1.807, 2.05) is 27.7 Å². The molecule has 4 fully saturated rings. The second-order valence-electron chi connectivity index (χ2n) is 22.9. The van der Waals surface area contributed by atoms with Crippen molar-refractivity contribution in [1.82, 2.24) is 19.2 Å². The maximum absolute atomic E-state index is 13.8. The Labute approximate surface area is 605 Å². The molecule has 0 spiro atoms. The van der Waals surface area contributed by atoms with Gasteiger partial charge < -0.3 is 82.1 Å². The Morgan fingerprint density at radius 2 is 0.916 bits per heavy atom. The van der Waals surface area contributed by atoms with E-state index in [2.05, 4.69) is 10.6 Å². The largest absolute Gasteiger partial charge is 1.00 e. The van der Waals surface area contributed by atoms with Gasteiger partial charge in [-0.3, -0.25) is 4.57 Å². The first-order valence-electron chi connectivity index (χ1n) is 29.8. The molecule has 4 aromatic carbocycles. The van der Waals surface area contributed by atoms with Crippen molar-refractivity contribution in [2.24, 2.45) is 23.7 Å². The first-order chi connectivity index (χ1) is 42.7. The fourth-order valence-corrected chi connectivity index (χ4v) is 16.1. The van der Waals surface area contributed by atoms with Crippen LogP contribution in [0.25, 0.3) is 0 Å². The summed E-state index contributed by atoms with van der Waals surface area (Å²) in [6.07, 6.45) is -4.82. The van der Waals surface area contributed by atoms with Crippen LogP contribution < -0.4 is 99.6 Å². The van der Waals surface area contributed by atoms with Gasteiger partial charge in [-0.1, -0.05) is 86.4 Å². The molecule has 10 atom stereocenters. The smallest absolute Gasteiger partial charge is 0.807 e. The minimum atomic E-state index is -4.97. The van der Waals surface area contributed by atoms with Crippen molar-refractivity contribution >= 4 is 58.0 Å². The summed E-state index contributed by atoms with van der Waals surface area (Å²) in [5, 5.41) is 28.4. The van der Waals surface area contributed by atoms with Gasteiger partial charge in [0, 0.05) is 26.2 Å². The number of hydrogen-bond acceptors (Lipinski definition) is 22. The fourth-order valence-electron chi connectivity index (χ4n) is 10.8. The van der Waals surface area contributed by atoms with Crippen LogP contribution in [0.4, 0.5) is 9.59 Å². The summed E-state index contributed by atoms with van der Waals surface area (Å²) >= 11 is 0. The standard InChI is InChI=1S/C32H47N2O11PS.C28H39N2O11PS.3CH4.2Na/c1-6-43-46(37,44-7-2)25-12-8-23(9-13-25)18-28(33-32(36)45-30-21-42-31-27(30)16-17-41-31)29(35)20-34(19-22(3)4)47(38,39)26-14-10-24(40-5)11-15-26;1-18(2)15-30(43(36,37)22-10-6-20(38-3)7-11-22)16-25(31)24(14-19-4-8-21(9-5-19)42(33,34)35)29-28(32)41-26-17-40-27-23(26)12-13-39-27;;;;;/h8-15,22,27-31,35H,6-7,16-21H2,1-5H3,(H,33,36);4-11,18,23-27,31H,12-17H2,1-3H3,(H,29,32)(H2,33,34,35);3*1H4;;/q;;;;;2*+1/p-2/t27-,28-,29+,30-,31+;23-,24-,25+,26-,27+;;;;;/m00...../s1. The average molecular weight is 1430 g/mol. The van der Waals surface area contributed by atoms with Gasteiger partial charge >= 0.3 is 78.9 Å². The van der Waals surface area contributed by atoms with E-state index in [1.165, 1.54) is 67.1 Å². The number of aliphatic hydroxyl groups is 2. The monoisotopic (exact) mass is 1430 g/mol. The predicted molar refractivity (Wildman–Crippen MR) is 345 cm³/mol. The minimum absolute atomic E-state index is 0. The summed E-state index contributed by atoms with van der Waals surface area (Å²) in [7, 11) is -13.6. The van der Waals surface area contributed by atoms with Crippen molar-refractivity contribution in [2.45, 2.75) is 148 Å². The average Bonchev–Trinajstić information content (AvgIpc) is 1.56. The fraction of sp³-hybridized carbons (Fsp3) is 0.587. The van der Waals surface area contributed by atoms with Crippen LogP contribution in [0.3, 0.4) is 0 Å². The number of fused-ring (bicyclic) bond motifs is 2. The zero-order chi connectivity index (χ0) is 65.6. The summed E-state index contributed by atoms with van der Waals surface area (Å²) in [6, 6.07) is 21.6. The van der Waals surface area contributed by atoms with Gasteiger partial charge in [0.2, 0.25) is 20.0 Å². The van der Waals surface area contributed by atoms with Crippen LogP contribution in [-0.2, 0) is 79.5 Å². The molecule has 4 heterocycles. The number of methoxy groups -OCH3 is 2. The number of carbonyl (C=O) groups is 2. The van der Waals surface area contributed by atoms with Gasteiger partial charge in [-0.2, -0.15) is 8.61 Å². The van der Waals surface area contributed by atoms with Crippen molar-refractivity contribution in [1.29, 1.82) is 0 Å². The molecule has 0 unspecified atom stereocenters. The number of hydrogen-bond donors (Lipinski definition) is 4. The topological polar surface area (TPSA) is 346 Å². The van der Waals surface area contributed by atoms with E-state index in [4.69, 9.17) is 46.9 Å². The van der Waals surface area contributed by atoms with Crippen LogP contribution >= 0.6 is 15.2 Å². The third-order valence-electron chi connectivity index (χ3n) is 15.4. The molecule has 0 bridgehead atoms. The van der Waals surface area contributed by atoms with E-state index in [1.54, 1.807) is 50.2 Å². The van der Waals surface area contributed by atoms with E-state index in [0.29, 0.717) is 54.0 Å². The zero-order valence-corrected chi connectivity index (χ0v) is 61.2. The minimum Gasteiger partial charge on any atom is -0.807 e. The molecule has 0 aromatic heterocycles. The van der Waals surface area contributed by atoms with Crippen molar-refractivity contribution in [3.63, 3.8) is 0 Å². The molecule has 0 aliphatic carbocycles. The van der Waals surface area contributed by atoms with Crippen molar-refractivity contribution in [3.05, 3.63) is 108 Å². The first kappa shape index (κ1) is 88.0. The Morgan fingerprint density at radius 1 is 0.568 bits per heavy atom. The molecule has 0 saturated carbocycles.